The summed E-state index contributed by atoms with van der Waals surface area (Å²) in [4.78, 5) is 15.9. The summed E-state index contributed by atoms with van der Waals surface area (Å²) in [5.41, 5.74) is -0.536. The van der Waals surface area contributed by atoms with E-state index in [4.69, 9.17) is 9.47 Å². The van der Waals surface area contributed by atoms with Gasteiger partial charge in [-0.1, -0.05) is 54.6 Å². The normalized spacial score (nSPS) is 11.5. The average molecular weight is 444 g/mol. The van der Waals surface area contributed by atoms with E-state index in [1.165, 1.54) is 14.7 Å². The Hall–Kier alpha value is -3.24. The van der Waals surface area contributed by atoms with E-state index in [1.807, 2.05) is 57.2 Å². The molecular weight excluding hydrogens is 416 g/mol. The number of fused-ring (bicyclic) bond motifs is 1. The second-order valence-electron chi connectivity index (χ2n) is 8.41. The highest BCUT2D eigenvalue weighted by Crippen LogP contribution is 2.38. The first-order chi connectivity index (χ1) is 15.4. The van der Waals surface area contributed by atoms with E-state index in [-0.39, 0.29) is 23.5 Å². The fourth-order valence-electron chi connectivity index (χ4n) is 3.56. The summed E-state index contributed by atoms with van der Waals surface area (Å²) in [7, 11) is -0.271. The van der Waals surface area contributed by atoms with Crippen molar-refractivity contribution in [1.82, 2.24) is 0 Å². The topological polar surface area (TPSA) is 35.5 Å². The molecule has 32 heavy (non-hydrogen) atoms. The molecule has 4 heteroatoms. The lowest BCUT2D eigenvalue weighted by Gasteiger charge is -2.19. The Kier molecular flexibility index (Phi) is 6.52. The number of carbonyl (C=O) groups is 1. The van der Waals surface area contributed by atoms with Crippen molar-refractivity contribution in [3.63, 3.8) is 0 Å². The van der Waals surface area contributed by atoms with E-state index >= 15 is 0 Å². The Morgan fingerprint density at radius 1 is 0.719 bits per heavy atom. The predicted molar refractivity (Wildman–Crippen MR) is 130 cm³/mol. The molecule has 0 amide bonds. The van der Waals surface area contributed by atoms with Crippen LogP contribution in [0.3, 0.4) is 0 Å². The van der Waals surface area contributed by atoms with Crippen LogP contribution in [0.15, 0.2) is 112 Å². The third kappa shape index (κ3) is 5.14. The van der Waals surface area contributed by atoms with E-state index in [2.05, 4.69) is 60.7 Å². The molecule has 0 bridgehead atoms. The molecule has 0 N–H and O–H groups in total. The molecule has 3 nitrogen and oxygen atoms in total. The highest BCUT2D eigenvalue weighted by molar-refractivity contribution is 7.97. The maximum atomic E-state index is 12.2. The van der Waals surface area contributed by atoms with Gasteiger partial charge in [-0.2, -0.15) is 0 Å². The van der Waals surface area contributed by atoms with Crippen molar-refractivity contribution in [3.05, 3.63) is 97.1 Å². The van der Waals surface area contributed by atoms with Crippen molar-refractivity contribution in [2.24, 2.45) is 0 Å². The molecule has 0 aliphatic carbocycles. The van der Waals surface area contributed by atoms with E-state index in [0.29, 0.717) is 5.75 Å². The van der Waals surface area contributed by atoms with Gasteiger partial charge in [-0.3, -0.25) is 0 Å². The van der Waals surface area contributed by atoms with Gasteiger partial charge in [-0.25, -0.2) is 4.79 Å². The highest BCUT2D eigenvalue weighted by Gasteiger charge is 2.31. The summed E-state index contributed by atoms with van der Waals surface area (Å²) in [5.74, 6) is 0.305. The van der Waals surface area contributed by atoms with Gasteiger partial charge in [0.05, 0.1) is 10.9 Å². The van der Waals surface area contributed by atoms with Crippen LogP contribution in [0.2, 0.25) is 0 Å². The lowest BCUT2D eigenvalue weighted by Crippen LogP contribution is -2.27. The molecule has 162 valence electrons. The summed E-state index contributed by atoms with van der Waals surface area (Å²) in [5, 5.41) is 2.10. The molecule has 0 radical (unpaired) electrons. The first kappa shape index (κ1) is 22.0. The second kappa shape index (κ2) is 9.49. The lowest BCUT2D eigenvalue weighted by molar-refractivity contribution is -0.157. The molecule has 0 heterocycles. The van der Waals surface area contributed by atoms with Gasteiger partial charge in [-0.15, -0.1) is 0 Å². The first-order valence-electron chi connectivity index (χ1n) is 10.6. The summed E-state index contributed by atoms with van der Waals surface area (Å²) < 4.78 is 11.3. The summed E-state index contributed by atoms with van der Waals surface area (Å²) in [6.45, 7) is 5.43. The Morgan fingerprint density at radius 2 is 1.25 bits per heavy atom. The van der Waals surface area contributed by atoms with Crippen LogP contribution >= 0.6 is 0 Å². The standard InChI is InChI=1S/C28H27O3S/c1-28(2,3)31-27(29)20-30-25-18-19-26(24-17-11-10-16-23(24)25)32(21-12-6-4-7-13-21)22-14-8-5-9-15-22/h4-19H,20H2,1-3H3/q+1. The predicted octanol–water partition coefficient (Wildman–Crippen LogP) is 6.66. The summed E-state index contributed by atoms with van der Waals surface area (Å²) >= 11 is 0. The largest absolute Gasteiger partial charge is 0.481 e. The molecule has 0 aliphatic heterocycles. The number of ether oxygens (including phenoxy) is 2. The molecule has 4 aromatic carbocycles. The van der Waals surface area contributed by atoms with Gasteiger partial charge in [-0.05, 0) is 63.2 Å². The van der Waals surface area contributed by atoms with Crippen LogP contribution in [0.5, 0.6) is 5.75 Å². The molecule has 4 aromatic rings. The quantitative estimate of drug-likeness (QED) is 0.247. The van der Waals surface area contributed by atoms with Crippen LogP contribution in [-0.4, -0.2) is 18.2 Å². The molecule has 0 saturated carbocycles. The third-order valence-electron chi connectivity index (χ3n) is 4.79. The van der Waals surface area contributed by atoms with Crippen molar-refractivity contribution < 1.29 is 14.3 Å². The molecule has 4 rings (SSSR count). The van der Waals surface area contributed by atoms with Crippen LogP contribution in [0.4, 0.5) is 0 Å². The SMILES string of the molecule is CC(C)(C)OC(=O)COc1ccc([S+](c2ccccc2)c2ccccc2)c2ccccc12. The minimum atomic E-state index is -0.536. The van der Waals surface area contributed by atoms with Crippen molar-refractivity contribution >= 4 is 27.6 Å². The molecule has 0 aliphatic rings. The molecule has 0 saturated heterocycles. The highest BCUT2D eigenvalue weighted by atomic mass is 32.2. The third-order valence-corrected chi connectivity index (χ3v) is 7.07. The minimum Gasteiger partial charge on any atom is -0.481 e. The Labute approximate surface area is 192 Å². The molecule has 0 unspecified atom stereocenters. The summed E-state index contributed by atoms with van der Waals surface area (Å²) in [6, 6.07) is 33.4. The van der Waals surface area contributed by atoms with Crippen LogP contribution < -0.4 is 4.74 Å². The van der Waals surface area contributed by atoms with Gasteiger partial charge in [0, 0.05) is 10.8 Å². The fraction of sp³-hybridized carbons (Fsp3) is 0.179. The second-order valence-corrected chi connectivity index (χ2v) is 10.4. The zero-order valence-corrected chi connectivity index (χ0v) is 19.4. The molecular formula is C28H27O3S+. The zero-order valence-electron chi connectivity index (χ0n) is 18.6. The monoisotopic (exact) mass is 443 g/mol. The van der Waals surface area contributed by atoms with Crippen LogP contribution in [0.25, 0.3) is 10.8 Å². The lowest BCUT2D eigenvalue weighted by atomic mass is 10.1. The summed E-state index contributed by atoms with van der Waals surface area (Å²) in [6.07, 6.45) is 0. The average Bonchev–Trinajstić information content (AvgIpc) is 2.79. The minimum absolute atomic E-state index is 0.121. The van der Waals surface area contributed by atoms with Gasteiger partial charge in [0.15, 0.2) is 21.3 Å². The Morgan fingerprint density at radius 3 is 1.81 bits per heavy atom. The Balaban J connectivity index is 1.75. The molecule has 0 atom stereocenters. The number of hydrogen-bond donors (Lipinski definition) is 0. The number of benzene rings is 4. The smallest absolute Gasteiger partial charge is 0.344 e. The van der Waals surface area contributed by atoms with Crippen molar-refractivity contribution in [3.8, 4) is 5.75 Å². The van der Waals surface area contributed by atoms with E-state index in [1.54, 1.807) is 0 Å². The number of carbonyl (C=O) groups excluding carboxylic acids is 1. The van der Waals surface area contributed by atoms with Crippen LogP contribution in [0.1, 0.15) is 20.8 Å². The van der Waals surface area contributed by atoms with E-state index < -0.39 is 5.60 Å². The van der Waals surface area contributed by atoms with Crippen molar-refractivity contribution in [2.45, 2.75) is 41.1 Å². The molecule has 0 fully saturated rings. The van der Waals surface area contributed by atoms with Gasteiger partial charge < -0.3 is 9.47 Å². The zero-order chi connectivity index (χ0) is 22.6. The van der Waals surface area contributed by atoms with Crippen molar-refractivity contribution in [1.29, 1.82) is 0 Å². The fourth-order valence-corrected chi connectivity index (χ4v) is 5.80. The van der Waals surface area contributed by atoms with Gasteiger partial charge in [0.25, 0.3) is 0 Å². The van der Waals surface area contributed by atoms with Crippen LogP contribution in [-0.2, 0) is 20.4 Å². The number of esters is 1. The molecule has 0 spiro atoms. The Bertz CT molecular complexity index is 1160. The van der Waals surface area contributed by atoms with Crippen molar-refractivity contribution in [2.75, 3.05) is 6.61 Å². The van der Waals surface area contributed by atoms with E-state index in [9.17, 15) is 4.79 Å². The maximum absolute atomic E-state index is 12.2. The van der Waals surface area contributed by atoms with Gasteiger partial charge in [0.1, 0.15) is 11.4 Å². The van der Waals surface area contributed by atoms with Crippen LogP contribution in [0, 0.1) is 0 Å². The number of hydrogen-bond acceptors (Lipinski definition) is 3. The van der Waals surface area contributed by atoms with Gasteiger partial charge >= 0.3 is 5.97 Å². The number of rotatable bonds is 6. The molecule has 0 aromatic heterocycles. The van der Waals surface area contributed by atoms with Gasteiger partial charge in [0.2, 0.25) is 0 Å². The first-order valence-corrected chi connectivity index (χ1v) is 11.9. The van der Waals surface area contributed by atoms with E-state index in [0.717, 1.165) is 10.8 Å². The maximum Gasteiger partial charge on any atom is 0.344 e.